The van der Waals surface area contributed by atoms with E-state index in [1.807, 2.05) is 26.0 Å². The first kappa shape index (κ1) is 20.3. The Hall–Kier alpha value is -2.04. The Morgan fingerprint density at radius 1 is 0.962 bits per heavy atom. The number of hydrogen-bond acceptors (Lipinski definition) is 2. The van der Waals surface area contributed by atoms with E-state index in [1.165, 1.54) is 0 Å². The summed E-state index contributed by atoms with van der Waals surface area (Å²) >= 11 is 12.2. The third kappa shape index (κ3) is 4.99. The molecular formula is C20H22Cl2N2O2. The van der Waals surface area contributed by atoms with Crippen LogP contribution in [0.25, 0.3) is 0 Å². The number of aryl methyl sites for hydroxylation is 1. The second-order valence-corrected chi connectivity index (χ2v) is 6.62. The van der Waals surface area contributed by atoms with Crippen LogP contribution in [0, 0.1) is 0 Å². The minimum Gasteiger partial charge on any atom is -0.351 e. The molecule has 0 aromatic heterocycles. The Balaban J connectivity index is 1.97. The van der Waals surface area contributed by atoms with Crippen LogP contribution >= 0.6 is 23.2 Å². The van der Waals surface area contributed by atoms with Gasteiger partial charge in [-0.1, -0.05) is 55.2 Å². The van der Waals surface area contributed by atoms with Gasteiger partial charge in [0.2, 0.25) is 5.91 Å². The molecule has 0 aliphatic rings. The Kier molecular flexibility index (Phi) is 7.49. The van der Waals surface area contributed by atoms with Crippen LogP contribution in [0.1, 0.15) is 41.8 Å². The first-order valence-corrected chi connectivity index (χ1v) is 9.36. The highest BCUT2D eigenvalue weighted by atomic mass is 35.5. The van der Waals surface area contributed by atoms with Crippen molar-refractivity contribution >= 4 is 40.7 Å². The van der Waals surface area contributed by atoms with Gasteiger partial charge >= 0.3 is 0 Å². The molecule has 2 N–H and O–H groups in total. The number of amides is 2. The Morgan fingerprint density at radius 3 is 2.35 bits per heavy atom. The summed E-state index contributed by atoms with van der Waals surface area (Å²) in [5.74, 6) is -0.467. The first-order chi connectivity index (χ1) is 12.5. The Bertz CT molecular complexity index is 806. The maximum atomic E-state index is 12.3. The number of carbonyl (C=O) groups excluding carboxylic acids is 2. The molecule has 2 aromatic rings. The van der Waals surface area contributed by atoms with E-state index in [4.69, 9.17) is 23.2 Å². The quantitative estimate of drug-likeness (QED) is 0.705. The van der Waals surface area contributed by atoms with Crippen LogP contribution in [0.5, 0.6) is 0 Å². The van der Waals surface area contributed by atoms with E-state index in [-0.39, 0.29) is 24.8 Å². The van der Waals surface area contributed by atoms with E-state index >= 15 is 0 Å². The highest BCUT2D eigenvalue weighted by Gasteiger charge is 2.14. The molecule has 0 saturated carbocycles. The van der Waals surface area contributed by atoms with E-state index in [0.717, 1.165) is 29.7 Å². The van der Waals surface area contributed by atoms with Crippen LogP contribution in [0.2, 0.25) is 10.0 Å². The predicted molar refractivity (Wildman–Crippen MR) is 107 cm³/mol. The summed E-state index contributed by atoms with van der Waals surface area (Å²) in [6, 6.07) is 10.6. The molecule has 0 fully saturated rings. The van der Waals surface area contributed by atoms with Crippen molar-refractivity contribution in [1.82, 2.24) is 5.32 Å². The van der Waals surface area contributed by atoms with E-state index in [9.17, 15) is 9.59 Å². The lowest BCUT2D eigenvalue weighted by atomic mass is 10.0. The van der Waals surface area contributed by atoms with Gasteiger partial charge in [0.15, 0.2) is 0 Å². The van der Waals surface area contributed by atoms with E-state index in [0.29, 0.717) is 15.6 Å². The van der Waals surface area contributed by atoms with Gasteiger partial charge in [-0.2, -0.15) is 0 Å². The monoisotopic (exact) mass is 392 g/mol. The molecule has 2 rings (SSSR count). The molecule has 0 unspecified atom stereocenters. The van der Waals surface area contributed by atoms with Gasteiger partial charge < -0.3 is 10.6 Å². The summed E-state index contributed by atoms with van der Waals surface area (Å²) in [5, 5.41) is 6.69. The van der Waals surface area contributed by atoms with Gasteiger partial charge in [-0.25, -0.2) is 0 Å². The third-order valence-electron chi connectivity index (χ3n) is 4.10. The normalized spacial score (nSPS) is 10.5. The SMILES string of the molecule is CCc1ccc(Cl)c(CC)c1NC(=O)CCNC(=O)c1ccccc1Cl. The average Bonchev–Trinajstić information content (AvgIpc) is 2.62. The molecule has 0 spiro atoms. The zero-order valence-electron chi connectivity index (χ0n) is 14.9. The highest BCUT2D eigenvalue weighted by Crippen LogP contribution is 2.29. The largest absolute Gasteiger partial charge is 0.351 e. The van der Waals surface area contributed by atoms with Crippen molar-refractivity contribution in [2.75, 3.05) is 11.9 Å². The van der Waals surface area contributed by atoms with Crippen LogP contribution in [0.3, 0.4) is 0 Å². The molecule has 0 atom stereocenters. The number of benzene rings is 2. The molecule has 2 aromatic carbocycles. The van der Waals surface area contributed by atoms with Gasteiger partial charge in [-0.15, -0.1) is 0 Å². The number of anilines is 1. The third-order valence-corrected chi connectivity index (χ3v) is 4.78. The van der Waals surface area contributed by atoms with Gasteiger partial charge in [0.25, 0.3) is 5.91 Å². The molecule has 0 aliphatic heterocycles. The molecule has 0 radical (unpaired) electrons. The molecule has 6 heteroatoms. The molecule has 0 bridgehead atoms. The van der Waals surface area contributed by atoms with Crippen LogP contribution in [-0.4, -0.2) is 18.4 Å². The molecule has 0 saturated heterocycles. The van der Waals surface area contributed by atoms with Gasteiger partial charge in [-0.05, 0) is 42.2 Å². The Morgan fingerprint density at radius 2 is 1.69 bits per heavy atom. The molecule has 2 amide bonds. The van der Waals surface area contributed by atoms with E-state index in [2.05, 4.69) is 10.6 Å². The number of nitrogens with one attached hydrogen (secondary N) is 2. The zero-order chi connectivity index (χ0) is 19.1. The number of halogens is 2. The summed E-state index contributed by atoms with van der Waals surface area (Å²) in [5.41, 5.74) is 3.15. The van der Waals surface area contributed by atoms with Crippen LogP contribution < -0.4 is 10.6 Å². The highest BCUT2D eigenvalue weighted by molar-refractivity contribution is 6.33. The van der Waals surface area contributed by atoms with E-state index in [1.54, 1.807) is 24.3 Å². The molecule has 138 valence electrons. The fourth-order valence-corrected chi connectivity index (χ4v) is 3.21. The smallest absolute Gasteiger partial charge is 0.252 e. The van der Waals surface area contributed by atoms with Crippen molar-refractivity contribution in [3.05, 3.63) is 63.1 Å². The molecule has 0 aliphatic carbocycles. The van der Waals surface area contributed by atoms with Gasteiger partial charge in [0.1, 0.15) is 0 Å². The topological polar surface area (TPSA) is 58.2 Å². The fourth-order valence-electron chi connectivity index (χ4n) is 2.70. The summed E-state index contributed by atoms with van der Waals surface area (Å²) in [6.07, 6.45) is 1.68. The maximum Gasteiger partial charge on any atom is 0.252 e. The van der Waals surface area contributed by atoms with Crippen molar-refractivity contribution in [2.45, 2.75) is 33.1 Å². The summed E-state index contributed by atoms with van der Waals surface area (Å²) in [4.78, 5) is 24.4. The lowest BCUT2D eigenvalue weighted by Crippen LogP contribution is -2.28. The average molecular weight is 393 g/mol. The van der Waals surface area contributed by atoms with Crippen molar-refractivity contribution in [3.63, 3.8) is 0 Å². The van der Waals surface area contributed by atoms with Crippen LogP contribution in [-0.2, 0) is 17.6 Å². The van der Waals surface area contributed by atoms with Gasteiger partial charge in [-0.3, -0.25) is 9.59 Å². The van der Waals surface area contributed by atoms with Crippen LogP contribution in [0.4, 0.5) is 5.69 Å². The van der Waals surface area contributed by atoms with Gasteiger partial charge in [0.05, 0.1) is 10.6 Å². The predicted octanol–water partition coefficient (Wildman–Crippen LogP) is 4.88. The minimum atomic E-state index is -0.297. The number of hydrogen-bond donors (Lipinski definition) is 2. The summed E-state index contributed by atoms with van der Waals surface area (Å²) in [7, 11) is 0. The second-order valence-electron chi connectivity index (χ2n) is 5.80. The number of rotatable bonds is 7. The van der Waals surface area contributed by atoms with Crippen molar-refractivity contribution < 1.29 is 9.59 Å². The Labute approximate surface area is 163 Å². The maximum absolute atomic E-state index is 12.3. The summed E-state index contributed by atoms with van der Waals surface area (Å²) in [6.45, 7) is 4.25. The van der Waals surface area contributed by atoms with E-state index < -0.39 is 0 Å². The van der Waals surface area contributed by atoms with Gasteiger partial charge in [0, 0.05) is 23.7 Å². The standard InChI is InChI=1S/C20H22Cl2N2O2/c1-3-13-9-10-17(22)14(4-2)19(13)24-18(25)11-12-23-20(26)15-7-5-6-8-16(15)21/h5-10H,3-4,11-12H2,1-2H3,(H,23,26)(H,24,25). The molecule has 26 heavy (non-hydrogen) atoms. The number of carbonyl (C=O) groups is 2. The lowest BCUT2D eigenvalue weighted by molar-refractivity contribution is -0.116. The first-order valence-electron chi connectivity index (χ1n) is 8.60. The molecule has 0 heterocycles. The fraction of sp³-hybridized carbons (Fsp3) is 0.300. The minimum absolute atomic E-state index is 0.162. The van der Waals surface area contributed by atoms with Crippen molar-refractivity contribution in [2.24, 2.45) is 0 Å². The van der Waals surface area contributed by atoms with Crippen molar-refractivity contribution in [3.8, 4) is 0 Å². The molecular weight excluding hydrogens is 371 g/mol. The zero-order valence-corrected chi connectivity index (χ0v) is 16.4. The lowest BCUT2D eigenvalue weighted by Gasteiger charge is -2.16. The molecule has 4 nitrogen and oxygen atoms in total. The van der Waals surface area contributed by atoms with Crippen LogP contribution in [0.15, 0.2) is 36.4 Å². The summed E-state index contributed by atoms with van der Waals surface area (Å²) < 4.78 is 0. The van der Waals surface area contributed by atoms with Crippen molar-refractivity contribution in [1.29, 1.82) is 0 Å². The second kappa shape index (κ2) is 9.60.